The maximum absolute atomic E-state index is 16.0. The van der Waals surface area contributed by atoms with E-state index in [9.17, 15) is 0 Å². The lowest BCUT2D eigenvalue weighted by Gasteiger charge is -2.39. The lowest BCUT2D eigenvalue weighted by Crippen LogP contribution is -2.54. The second kappa shape index (κ2) is 23.8. The highest BCUT2D eigenvalue weighted by atomic mass is 19.4. The van der Waals surface area contributed by atoms with E-state index in [1.807, 2.05) is 119 Å². The summed E-state index contributed by atoms with van der Waals surface area (Å²) in [6.07, 6.45) is 3.59. The van der Waals surface area contributed by atoms with Crippen molar-refractivity contribution in [3.05, 3.63) is 204 Å². The van der Waals surface area contributed by atoms with Gasteiger partial charge >= 0.3 is 12.4 Å². The first-order valence-corrected chi connectivity index (χ1v) is 27.5. The monoisotopic (exact) mass is 1030 g/mol. The summed E-state index contributed by atoms with van der Waals surface area (Å²) in [7, 11) is 0. The molecule has 76 heavy (non-hydrogen) atoms. The molecule has 0 aliphatic heterocycles. The van der Waals surface area contributed by atoms with E-state index >= 15 is 26.3 Å². The SMILES string of the molecule is CCCCCCCCC(C)(C)c1ccc(N(c2ccc(C(c3ccc(N(c4ccc(C(C)(C)CCCCCCC)cc4)c4cccc5ccccc45)cc3)(C(F)(F)F)C(F)(F)F)cc2)c2cccc3ccccc23)cc1. The van der Waals surface area contributed by atoms with E-state index in [4.69, 9.17) is 0 Å². The number of benzene rings is 8. The number of unbranched alkanes of at least 4 members (excludes halogenated alkanes) is 9. The molecular formula is C68H74F6N2. The van der Waals surface area contributed by atoms with Gasteiger partial charge in [0.15, 0.2) is 0 Å². The first-order valence-electron chi connectivity index (χ1n) is 27.5. The molecule has 2 nitrogen and oxygen atoms in total. The molecule has 8 heteroatoms. The summed E-state index contributed by atoms with van der Waals surface area (Å²) in [6, 6.07) is 53.1. The first kappa shape index (κ1) is 55.7. The summed E-state index contributed by atoms with van der Waals surface area (Å²) in [5, 5.41) is 3.65. The highest BCUT2D eigenvalue weighted by Crippen LogP contribution is 2.57. The molecule has 0 aromatic heterocycles. The van der Waals surface area contributed by atoms with Gasteiger partial charge in [-0.2, -0.15) is 26.3 Å². The molecule has 8 aromatic rings. The van der Waals surface area contributed by atoms with E-state index in [0.717, 1.165) is 105 Å². The van der Waals surface area contributed by atoms with Gasteiger partial charge < -0.3 is 9.80 Å². The largest absolute Gasteiger partial charge is 0.411 e. The van der Waals surface area contributed by atoms with Crippen LogP contribution in [-0.2, 0) is 16.2 Å². The van der Waals surface area contributed by atoms with Crippen molar-refractivity contribution in [2.45, 2.75) is 154 Å². The van der Waals surface area contributed by atoms with Crippen LogP contribution < -0.4 is 9.80 Å². The maximum atomic E-state index is 16.0. The molecule has 0 fully saturated rings. The summed E-state index contributed by atoms with van der Waals surface area (Å²) in [5.74, 6) is 0. The lowest BCUT2D eigenvalue weighted by molar-refractivity contribution is -0.288. The summed E-state index contributed by atoms with van der Waals surface area (Å²) < 4.78 is 95.9. The number of alkyl halides is 6. The zero-order chi connectivity index (χ0) is 54.1. The molecule has 0 saturated heterocycles. The van der Waals surface area contributed by atoms with Gasteiger partial charge in [-0.25, -0.2) is 0 Å². The Morgan fingerprint density at radius 1 is 0.316 bits per heavy atom. The Kier molecular flexibility index (Phi) is 17.4. The summed E-state index contributed by atoms with van der Waals surface area (Å²) in [6.45, 7) is 13.4. The normalized spacial score (nSPS) is 12.6. The third kappa shape index (κ3) is 11.9. The number of rotatable bonds is 23. The van der Waals surface area contributed by atoms with Gasteiger partial charge in [-0.15, -0.1) is 0 Å². The Hall–Kier alpha value is -6.54. The molecule has 398 valence electrons. The van der Waals surface area contributed by atoms with Crippen LogP contribution in [0.2, 0.25) is 0 Å². The van der Waals surface area contributed by atoms with Gasteiger partial charge in [0, 0.05) is 33.5 Å². The van der Waals surface area contributed by atoms with Gasteiger partial charge in [0.05, 0.1) is 11.4 Å². The summed E-state index contributed by atoms with van der Waals surface area (Å²) in [4.78, 5) is 3.83. The van der Waals surface area contributed by atoms with Gasteiger partial charge in [-0.3, -0.25) is 0 Å². The number of halogens is 6. The lowest BCUT2D eigenvalue weighted by atomic mass is 9.72. The van der Waals surface area contributed by atoms with Crippen LogP contribution in [-0.4, -0.2) is 12.4 Å². The predicted molar refractivity (Wildman–Crippen MR) is 308 cm³/mol. The molecule has 0 spiro atoms. The van der Waals surface area contributed by atoms with Crippen molar-refractivity contribution >= 4 is 55.7 Å². The van der Waals surface area contributed by atoms with Crippen LogP contribution in [0, 0.1) is 0 Å². The number of fused-ring (bicyclic) bond motifs is 2. The molecule has 0 amide bonds. The van der Waals surface area contributed by atoms with Crippen molar-refractivity contribution in [1.29, 1.82) is 0 Å². The number of nitrogens with zero attached hydrogens (tertiary/aromatic N) is 2. The van der Waals surface area contributed by atoms with Crippen molar-refractivity contribution in [3.63, 3.8) is 0 Å². The minimum atomic E-state index is -5.78. The molecule has 0 aliphatic rings. The van der Waals surface area contributed by atoms with Crippen LogP contribution in [0.5, 0.6) is 0 Å². The first-order chi connectivity index (χ1) is 36.4. The molecular weight excluding hydrogens is 959 g/mol. The standard InChI is InChI=1S/C68H74F6N2/c1-7-9-11-13-15-21-49-65(5,6)53-34-42-57(43-35-53)76(63-31-23-27-51-25-17-19-29-61(51)63)59-46-38-55(39-47-59)66(67(69,70)71,68(72,73)74)54-36-44-58(45-37-54)75(62-30-22-26-50-24-16-18-28-60(50)62)56-40-32-52(33-41-56)64(3,4)48-20-14-12-10-8-2/h16-19,22-47H,7-15,20-21,48-49H2,1-6H3. The second-order valence-electron chi connectivity index (χ2n) is 22.1. The fourth-order valence-electron chi connectivity index (χ4n) is 11.3. The van der Waals surface area contributed by atoms with Gasteiger partial charge in [0.25, 0.3) is 0 Å². The van der Waals surface area contributed by atoms with Crippen LogP contribution in [0.3, 0.4) is 0 Å². The van der Waals surface area contributed by atoms with E-state index in [1.165, 1.54) is 82.1 Å². The Morgan fingerprint density at radius 2 is 0.605 bits per heavy atom. The molecule has 0 N–H and O–H groups in total. The average Bonchev–Trinajstić information content (AvgIpc) is 3.42. The van der Waals surface area contributed by atoms with Crippen molar-refractivity contribution in [2.75, 3.05) is 9.80 Å². The Labute approximate surface area is 447 Å². The zero-order valence-electron chi connectivity index (χ0n) is 45.2. The summed E-state index contributed by atoms with van der Waals surface area (Å²) in [5.41, 5.74) is -0.343. The third-order valence-corrected chi connectivity index (χ3v) is 15.9. The van der Waals surface area contributed by atoms with Crippen LogP contribution in [0.4, 0.5) is 60.5 Å². The number of anilines is 6. The Balaban J connectivity index is 1.18. The molecule has 8 aromatic carbocycles. The fraction of sp³-hybridized carbons (Fsp3) is 0.353. The predicted octanol–water partition coefficient (Wildman–Crippen LogP) is 22.0. The highest BCUT2D eigenvalue weighted by Gasteiger charge is 2.72. The van der Waals surface area contributed by atoms with Gasteiger partial charge in [-0.1, -0.05) is 233 Å². The highest BCUT2D eigenvalue weighted by molar-refractivity contribution is 6.00. The van der Waals surface area contributed by atoms with Crippen LogP contribution in [0.15, 0.2) is 182 Å². The molecule has 0 bridgehead atoms. The second-order valence-corrected chi connectivity index (χ2v) is 22.1. The van der Waals surface area contributed by atoms with Crippen molar-refractivity contribution in [2.24, 2.45) is 0 Å². The Morgan fingerprint density at radius 3 is 0.934 bits per heavy atom. The van der Waals surface area contributed by atoms with E-state index in [1.54, 1.807) is 0 Å². The molecule has 0 aliphatic carbocycles. The Bertz CT molecular complexity index is 3090. The minimum Gasteiger partial charge on any atom is -0.310 e. The molecule has 0 saturated carbocycles. The molecule has 0 heterocycles. The van der Waals surface area contributed by atoms with E-state index in [2.05, 4.69) is 65.8 Å². The van der Waals surface area contributed by atoms with Crippen LogP contribution >= 0.6 is 0 Å². The van der Waals surface area contributed by atoms with Gasteiger partial charge in [0.2, 0.25) is 5.41 Å². The van der Waals surface area contributed by atoms with E-state index in [-0.39, 0.29) is 10.8 Å². The zero-order valence-corrected chi connectivity index (χ0v) is 45.2. The number of hydrogen-bond acceptors (Lipinski definition) is 2. The molecule has 0 radical (unpaired) electrons. The van der Waals surface area contributed by atoms with E-state index in [0.29, 0.717) is 11.4 Å². The van der Waals surface area contributed by atoms with Crippen molar-refractivity contribution < 1.29 is 26.3 Å². The molecule has 0 atom stereocenters. The van der Waals surface area contributed by atoms with Gasteiger partial charge in [-0.05, 0) is 117 Å². The van der Waals surface area contributed by atoms with E-state index < -0.39 is 28.9 Å². The van der Waals surface area contributed by atoms with Crippen LogP contribution in [0.1, 0.15) is 147 Å². The average molecular weight is 1030 g/mol. The topological polar surface area (TPSA) is 6.48 Å². The van der Waals surface area contributed by atoms with Crippen molar-refractivity contribution in [3.8, 4) is 0 Å². The summed E-state index contributed by atoms with van der Waals surface area (Å²) >= 11 is 0. The smallest absolute Gasteiger partial charge is 0.310 e. The fourth-order valence-corrected chi connectivity index (χ4v) is 11.3. The maximum Gasteiger partial charge on any atom is 0.411 e. The molecule has 0 unspecified atom stereocenters. The van der Waals surface area contributed by atoms with Crippen LogP contribution in [0.25, 0.3) is 21.5 Å². The third-order valence-electron chi connectivity index (χ3n) is 15.9. The quantitative estimate of drug-likeness (QED) is 0.0465. The van der Waals surface area contributed by atoms with Crippen molar-refractivity contribution in [1.82, 2.24) is 0 Å². The number of hydrogen-bond donors (Lipinski definition) is 0. The molecule has 8 rings (SSSR count). The van der Waals surface area contributed by atoms with Gasteiger partial charge in [0.1, 0.15) is 0 Å². The minimum absolute atomic E-state index is 0.100.